The van der Waals surface area contributed by atoms with Gasteiger partial charge >= 0.3 is 0 Å². The standard InChI is InChI=1S/C34H31N3O4S/c1-25-7-15-31(16-8-25)37(42(39,40)33-19-9-26(2)10-20-33)23-34(38)36-35-22-27-12-17-32(18-13-27)41-24-28-11-14-29-5-3-4-6-30(29)21-28/h3-22H,23-24H2,1-2H3,(H,36,38)/b35-22-. The number of anilines is 1. The maximum Gasteiger partial charge on any atom is 0.264 e. The van der Waals surface area contributed by atoms with E-state index in [1.807, 2.05) is 50.2 Å². The largest absolute Gasteiger partial charge is 0.489 e. The molecule has 0 aliphatic heterocycles. The Morgan fingerprint density at radius 2 is 1.45 bits per heavy atom. The number of hydrazone groups is 1. The van der Waals surface area contributed by atoms with Crippen LogP contribution >= 0.6 is 0 Å². The summed E-state index contributed by atoms with van der Waals surface area (Å²) >= 11 is 0. The second kappa shape index (κ2) is 12.7. The fourth-order valence-electron chi connectivity index (χ4n) is 4.35. The average Bonchev–Trinajstić information content (AvgIpc) is 3.00. The lowest BCUT2D eigenvalue weighted by Gasteiger charge is -2.24. The molecular formula is C34H31N3O4S. The molecule has 8 heteroatoms. The summed E-state index contributed by atoms with van der Waals surface area (Å²) in [4.78, 5) is 12.9. The molecule has 0 aliphatic carbocycles. The van der Waals surface area contributed by atoms with E-state index in [2.05, 4.69) is 40.9 Å². The molecule has 0 fully saturated rings. The van der Waals surface area contributed by atoms with Crippen LogP contribution in [-0.4, -0.2) is 27.1 Å². The number of fused-ring (bicyclic) bond motifs is 1. The lowest BCUT2D eigenvalue weighted by Crippen LogP contribution is -2.39. The maximum atomic E-state index is 13.5. The topological polar surface area (TPSA) is 88.1 Å². The summed E-state index contributed by atoms with van der Waals surface area (Å²) in [7, 11) is -3.99. The number of sulfonamides is 1. The number of aryl methyl sites for hydroxylation is 2. The van der Waals surface area contributed by atoms with Crippen LogP contribution in [0.5, 0.6) is 5.75 Å². The minimum atomic E-state index is -3.99. The average molecular weight is 578 g/mol. The summed E-state index contributed by atoms with van der Waals surface area (Å²) in [5, 5.41) is 6.39. The van der Waals surface area contributed by atoms with E-state index in [1.54, 1.807) is 36.4 Å². The molecule has 0 radical (unpaired) electrons. The van der Waals surface area contributed by atoms with Gasteiger partial charge in [-0.1, -0.05) is 71.8 Å². The summed E-state index contributed by atoms with van der Waals surface area (Å²) in [5.74, 6) is 0.136. The Labute approximate surface area is 246 Å². The van der Waals surface area contributed by atoms with Gasteiger partial charge in [0.1, 0.15) is 18.9 Å². The molecule has 0 aromatic heterocycles. The Kier molecular flexibility index (Phi) is 8.64. The minimum Gasteiger partial charge on any atom is -0.489 e. The molecule has 1 amide bonds. The number of carbonyl (C=O) groups excluding carboxylic acids is 1. The van der Waals surface area contributed by atoms with Crippen molar-refractivity contribution in [2.45, 2.75) is 25.3 Å². The van der Waals surface area contributed by atoms with Crippen LogP contribution in [0.4, 0.5) is 5.69 Å². The van der Waals surface area contributed by atoms with Gasteiger partial charge in [-0.2, -0.15) is 5.10 Å². The maximum absolute atomic E-state index is 13.5. The van der Waals surface area contributed by atoms with Crippen molar-refractivity contribution in [1.82, 2.24) is 5.43 Å². The van der Waals surface area contributed by atoms with Crippen LogP contribution in [-0.2, 0) is 21.4 Å². The summed E-state index contributed by atoms with van der Waals surface area (Å²) < 4.78 is 34.0. The third kappa shape index (κ3) is 7.03. The van der Waals surface area contributed by atoms with Crippen molar-refractivity contribution in [2.24, 2.45) is 5.10 Å². The first-order valence-corrected chi connectivity index (χ1v) is 14.9. The molecule has 5 aromatic carbocycles. The van der Waals surface area contributed by atoms with Crippen LogP contribution in [0.2, 0.25) is 0 Å². The van der Waals surface area contributed by atoms with Gasteiger partial charge in [0.05, 0.1) is 16.8 Å². The Bertz CT molecular complexity index is 1820. The fraction of sp³-hybridized carbons (Fsp3) is 0.118. The fourth-order valence-corrected chi connectivity index (χ4v) is 5.77. The lowest BCUT2D eigenvalue weighted by atomic mass is 10.1. The zero-order valence-corrected chi connectivity index (χ0v) is 24.2. The second-order valence-electron chi connectivity index (χ2n) is 9.99. The zero-order chi connectivity index (χ0) is 29.5. The van der Waals surface area contributed by atoms with Gasteiger partial charge in [-0.25, -0.2) is 13.8 Å². The van der Waals surface area contributed by atoms with E-state index in [1.165, 1.54) is 29.1 Å². The predicted octanol–water partition coefficient (Wildman–Crippen LogP) is 6.38. The monoisotopic (exact) mass is 577 g/mol. The van der Waals surface area contributed by atoms with E-state index in [0.29, 0.717) is 18.0 Å². The van der Waals surface area contributed by atoms with Crippen LogP contribution in [0.3, 0.4) is 0 Å². The van der Waals surface area contributed by atoms with Gasteiger partial charge in [-0.15, -0.1) is 0 Å². The quantitative estimate of drug-likeness (QED) is 0.154. The van der Waals surface area contributed by atoms with Gasteiger partial charge in [0.25, 0.3) is 15.9 Å². The molecule has 0 unspecified atom stereocenters. The first kappa shape index (κ1) is 28.6. The number of nitrogens with one attached hydrogen (secondary N) is 1. The van der Waals surface area contributed by atoms with Crippen molar-refractivity contribution in [3.63, 3.8) is 0 Å². The van der Waals surface area contributed by atoms with Gasteiger partial charge in [-0.05, 0) is 90.3 Å². The molecule has 0 aliphatic rings. The van der Waals surface area contributed by atoms with E-state index < -0.39 is 22.5 Å². The molecule has 42 heavy (non-hydrogen) atoms. The Morgan fingerprint density at radius 3 is 2.14 bits per heavy atom. The second-order valence-corrected chi connectivity index (χ2v) is 11.9. The van der Waals surface area contributed by atoms with Crippen molar-refractivity contribution in [2.75, 3.05) is 10.8 Å². The Hall–Kier alpha value is -4.95. The number of carbonyl (C=O) groups is 1. The van der Waals surface area contributed by atoms with Crippen molar-refractivity contribution in [3.05, 3.63) is 138 Å². The van der Waals surface area contributed by atoms with E-state index in [-0.39, 0.29) is 4.90 Å². The number of hydrogen-bond donors (Lipinski definition) is 1. The molecule has 7 nitrogen and oxygen atoms in total. The van der Waals surface area contributed by atoms with Crippen LogP contribution in [0.1, 0.15) is 22.3 Å². The number of hydrogen-bond acceptors (Lipinski definition) is 5. The van der Waals surface area contributed by atoms with Gasteiger partial charge < -0.3 is 4.74 Å². The molecule has 0 saturated heterocycles. The highest BCUT2D eigenvalue weighted by molar-refractivity contribution is 7.92. The third-order valence-electron chi connectivity index (χ3n) is 6.72. The van der Waals surface area contributed by atoms with Crippen molar-refractivity contribution >= 4 is 38.6 Å². The Balaban J connectivity index is 1.21. The highest BCUT2D eigenvalue weighted by atomic mass is 32.2. The summed E-state index contributed by atoms with van der Waals surface area (Å²) in [6.45, 7) is 3.80. The van der Waals surface area contributed by atoms with Crippen LogP contribution in [0, 0.1) is 13.8 Å². The molecular weight excluding hydrogens is 546 g/mol. The summed E-state index contributed by atoms with van der Waals surface area (Å²) in [5.41, 5.74) is 6.57. The van der Waals surface area contributed by atoms with Crippen molar-refractivity contribution in [3.8, 4) is 5.75 Å². The third-order valence-corrected chi connectivity index (χ3v) is 8.51. The molecule has 0 spiro atoms. The van der Waals surface area contributed by atoms with E-state index >= 15 is 0 Å². The normalized spacial score (nSPS) is 11.5. The van der Waals surface area contributed by atoms with E-state index in [4.69, 9.17) is 4.74 Å². The van der Waals surface area contributed by atoms with Gasteiger partial charge in [-0.3, -0.25) is 9.10 Å². The molecule has 0 atom stereocenters. The minimum absolute atomic E-state index is 0.105. The number of benzene rings is 5. The highest BCUT2D eigenvalue weighted by Gasteiger charge is 2.27. The zero-order valence-electron chi connectivity index (χ0n) is 23.4. The van der Waals surface area contributed by atoms with Gasteiger partial charge in [0.2, 0.25) is 0 Å². The molecule has 5 rings (SSSR count). The number of amides is 1. The smallest absolute Gasteiger partial charge is 0.264 e. The molecule has 0 bridgehead atoms. The van der Waals surface area contributed by atoms with Crippen molar-refractivity contribution in [1.29, 1.82) is 0 Å². The number of rotatable bonds is 10. The van der Waals surface area contributed by atoms with E-state index in [0.717, 1.165) is 26.6 Å². The highest BCUT2D eigenvalue weighted by Crippen LogP contribution is 2.24. The van der Waals surface area contributed by atoms with Crippen LogP contribution in [0.25, 0.3) is 10.8 Å². The number of ether oxygens (including phenoxy) is 1. The lowest BCUT2D eigenvalue weighted by molar-refractivity contribution is -0.119. The molecule has 0 heterocycles. The molecule has 1 N–H and O–H groups in total. The first-order valence-electron chi connectivity index (χ1n) is 13.5. The van der Waals surface area contributed by atoms with E-state index in [9.17, 15) is 13.2 Å². The molecule has 212 valence electrons. The van der Waals surface area contributed by atoms with Crippen LogP contribution < -0.4 is 14.5 Å². The van der Waals surface area contributed by atoms with Crippen molar-refractivity contribution < 1.29 is 17.9 Å². The predicted molar refractivity (Wildman–Crippen MR) is 167 cm³/mol. The Morgan fingerprint density at radius 1 is 0.810 bits per heavy atom. The van der Waals surface area contributed by atoms with Gasteiger partial charge in [0.15, 0.2) is 0 Å². The summed E-state index contributed by atoms with van der Waals surface area (Å²) in [6.07, 6.45) is 1.50. The van der Waals surface area contributed by atoms with Gasteiger partial charge in [0, 0.05) is 0 Å². The summed E-state index contributed by atoms with van der Waals surface area (Å²) in [6, 6.07) is 35.3. The number of nitrogens with zero attached hydrogens (tertiary/aromatic N) is 2. The molecule has 0 saturated carbocycles. The first-order chi connectivity index (χ1) is 20.3. The SMILES string of the molecule is Cc1ccc(N(CC(=O)N/N=C\c2ccc(OCc3ccc4ccccc4c3)cc2)S(=O)(=O)c2ccc(C)cc2)cc1. The van der Waals surface area contributed by atoms with Crippen LogP contribution in [0.15, 0.2) is 125 Å². The molecule has 5 aromatic rings.